The van der Waals surface area contributed by atoms with Gasteiger partial charge in [0.1, 0.15) is 5.69 Å². The number of ketones is 1. The average Bonchev–Trinajstić information content (AvgIpc) is 3.42. The maximum Gasteiger partial charge on any atom is 0.245 e. The molecule has 1 aromatic heterocycles. The van der Waals surface area contributed by atoms with E-state index in [2.05, 4.69) is 16.3 Å². The van der Waals surface area contributed by atoms with Gasteiger partial charge in [-0.1, -0.05) is 60.7 Å². The van der Waals surface area contributed by atoms with Gasteiger partial charge < -0.3 is 10.1 Å². The highest BCUT2D eigenvalue weighted by molar-refractivity contribution is 7.98. The third kappa shape index (κ3) is 5.68. The number of para-hydroxylation sites is 1. The summed E-state index contributed by atoms with van der Waals surface area (Å²) in [6.45, 7) is 4.28. The second-order valence-electron chi connectivity index (χ2n) is 10.1. The van der Waals surface area contributed by atoms with E-state index in [0.717, 1.165) is 71.4 Å². The zero-order chi connectivity index (χ0) is 28.2. The summed E-state index contributed by atoms with van der Waals surface area (Å²) in [5.41, 5.74) is 5.56. The smallest absolute Gasteiger partial charge is 0.245 e. The van der Waals surface area contributed by atoms with Crippen LogP contribution in [0.15, 0.2) is 83.8 Å². The first kappa shape index (κ1) is 27.0. The molecule has 1 unspecified atom stereocenters. The lowest BCUT2D eigenvalue weighted by Gasteiger charge is -2.26. The van der Waals surface area contributed by atoms with Crippen molar-refractivity contribution in [3.8, 4) is 23.0 Å². The van der Waals surface area contributed by atoms with Crippen molar-refractivity contribution in [1.82, 2.24) is 20.0 Å². The largest absolute Gasteiger partial charge is 0.379 e. The van der Waals surface area contributed by atoms with Crippen molar-refractivity contribution >= 4 is 23.5 Å². The summed E-state index contributed by atoms with van der Waals surface area (Å²) in [5.74, 6) is -2.19. The predicted octanol–water partition coefficient (Wildman–Crippen LogP) is 4.62. The number of ether oxygens (including phenoxy) is 1. The van der Waals surface area contributed by atoms with Crippen LogP contribution in [-0.4, -0.2) is 52.7 Å². The third-order valence-electron chi connectivity index (χ3n) is 7.35. The lowest BCUT2D eigenvalue weighted by atomic mass is 9.97. The van der Waals surface area contributed by atoms with E-state index in [1.807, 2.05) is 78.9 Å². The summed E-state index contributed by atoms with van der Waals surface area (Å²) < 4.78 is 7.19. The molecule has 206 valence electrons. The SMILES string of the molecule is N#CC(C(=O)NCc1cccc(CN2CCOCC2)c1)C(=O)c1nn(-c2ccccc2)c2c1CSc1ccccc1-2. The van der Waals surface area contributed by atoms with E-state index in [4.69, 9.17) is 9.84 Å². The van der Waals surface area contributed by atoms with Crippen LogP contribution in [0.2, 0.25) is 0 Å². The Morgan fingerprint density at radius 1 is 1.00 bits per heavy atom. The molecule has 6 rings (SSSR count). The van der Waals surface area contributed by atoms with Gasteiger partial charge >= 0.3 is 0 Å². The van der Waals surface area contributed by atoms with Gasteiger partial charge in [0.05, 0.1) is 30.7 Å². The average molecular weight is 564 g/mol. The lowest BCUT2D eigenvalue weighted by molar-refractivity contribution is -0.122. The molecule has 2 aliphatic heterocycles. The highest BCUT2D eigenvalue weighted by Gasteiger charge is 2.35. The number of carbonyl (C=O) groups is 2. The summed E-state index contributed by atoms with van der Waals surface area (Å²) in [5, 5.41) is 17.5. The molecule has 41 heavy (non-hydrogen) atoms. The van der Waals surface area contributed by atoms with Crippen molar-refractivity contribution < 1.29 is 14.3 Å². The van der Waals surface area contributed by atoms with Crippen molar-refractivity contribution in [3.05, 3.63) is 101 Å². The van der Waals surface area contributed by atoms with Gasteiger partial charge in [-0.25, -0.2) is 4.68 Å². The number of hydrogen-bond donors (Lipinski definition) is 1. The van der Waals surface area contributed by atoms with Crippen molar-refractivity contribution in [3.63, 3.8) is 0 Å². The Balaban J connectivity index is 1.23. The number of carbonyl (C=O) groups excluding carboxylic acids is 2. The van der Waals surface area contributed by atoms with Crippen molar-refractivity contribution in [2.45, 2.75) is 23.7 Å². The topological polar surface area (TPSA) is 100 Å². The second kappa shape index (κ2) is 12.1. The number of hydrogen-bond acceptors (Lipinski definition) is 7. The number of nitrogens with zero attached hydrogens (tertiary/aromatic N) is 4. The zero-order valence-corrected chi connectivity index (χ0v) is 23.3. The minimum absolute atomic E-state index is 0.167. The monoisotopic (exact) mass is 563 g/mol. The molecule has 1 fully saturated rings. The minimum atomic E-state index is -1.50. The van der Waals surface area contributed by atoms with Crippen LogP contribution in [0.1, 0.15) is 27.2 Å². The standard InChI is InChI=1S/C32H29N5O3S/c33-18-26(32(39)34-19-22-7-6-8-23(17-22)20-36-13-15-40-16-14-36)31(38)29-27-21-41-28-12-5-4-11-25(28)30(27)37(35-29)24-9-2-1-3-10-24/h1-12,17,26H,13-16,19-21H2,(H,34,39). The number of thioether (sulfide) groups is 1. The van der Waals surface area contributed by atoms with Crippen LogP contribution >= 0.6 is 11.8 Å². The summed E-state index contributed by atoms with van der Waals surface area (Å²) in [7, 11) is 0. The Bertz CT molecular complexity index is 1620. The van der Waals surface area contributed by atoms with E-state index in [1.165, 1.54) is 0 Å². The molecule has 0 radical (unpaired) electrons. The molecule has 0 aliphatic carbocycles. The van der Waals surface area contributed by atoms with E-state index < -0.39 is 17.6 Å². The van der Waals surface area contributed by atoms with Gasteiger partial charge in [-0.05, 0) is 29.3 Å². The summed E-state index contributed by atoms with van der Waals surface area (Å²) in [4.78, 5) is 30.4. The van der Waals surface area contributed by atoms with Crippen LogP contribution in [0.25, 0.3) is 16.9 Å². The van der Waals surface area contributed by atoms with Crippen molar-refractivity contribution in [1.29, 1.82) is 5.26 Å². The molecule has 1 N–H and O–H groups in total. The summed E-state index contributed by atoms with van der Waals surface area (Å²) in [6, 6.07) is 27.5. The molecule has 3 aromatic carbocycles. The van der Waals surface area contributed by atoms with Crippen molar-refractivity contribution in [2.75, 3.05) is 26.3 Å². The number of morpholine rings is 1. The molecule has 0 saturated carbocycles. The van der Waals surface area contributed by atoms with Crippen molar-refractivity contribution in [2.24, 2.45) is 5.92 Å². The predicted molar refractivity (Wildman–Crippen MR) is 156 cm³/mol. The minimum Gasteiger partial charge on any atom is -0.379 e. The van der Waals surface area contributed by atoms with Gasteiger partial charge in [-0.3, -0.25) is 14.5 Å². The van der Waals surface area contributed by atoms with Gasteiger partial charge in [0, 0.05) is 48.0 Å². The number of aromatic nitrogens is 2. The van der Waals surface area contributed by atoms with Crippen LogP contribution in [0, 0.1) is 17.2 Å². The summed E-state index contributed by atoms with van der Waals surface area (Å²) >= 11 is 1.62. The lowest BCUT2D eigenvalue weighted by Crippen LogP contribution is -2.36. The number of nitrogens with one attached hydrogen (secondary N) is 1. The van der Waals surface area contributed by atoms with E-state index in [9.17, 15) is 14.9 Å². The highest BCUT2D eigenvalue weighted by Crippen LogP contribution is 2.44. The summed E-state index contributed by atoms with van der Waals surface area (Å²) in [6.07, 6.45) is 0. The first-order valence-corrected chi connectivity index (χ1v) is 14.6. The van der Waals surface area contributed by atoms with E-state index in [-0.39, 0.29) is 12.2 Å². The molecule has 1 amide bonds. The Kier molecular flexibility index (Phi) is 7.96. The van der Waals surface area contributed by atoms with Gasteiger partial charge in [0.15, 0.2) is 5.92 Å². The highest BCUT2D eigenvalue weighted by atomic mass is 32.2. The van der Waals surface area contributed by atoms with Crippen LogP contribution in [0.3, 0.4) is 0 Å². The van der Waals surface area contributed by atoms with Crippen LogP contribution in [0.4, 0.5) is 0 Å². The molecule has 9 heteroatoms. The van der Waals surface area contributed by atoms with Crippen LogP contribution in [0.5, 0.6) is 0 Å². The number of nitriles is 1. The van der Waals surface area contributed by atoms with Gasteiger partial charge in [-0.2, -0.15) is 10.4 Å². The fourth-order valence-electron chi connectivity index (χ4n) is 5.28. The number of Topliss-reactive ketones (excluding diaryl/α,β-unsaturated/α-hetero) is 1. The molecule has 1 saturated heterocycles. The Morgan fingerprint density at radius 3 is 2.56 bits per heavy atom. The van der Waals surface area contributed by atoms with Gasteiger partial charge in [-0.15, -0.1) is 11.8 Å². The van der Waals surface area contributed by atoms with Gasteiger partial charge in [0.2, 0.25) is 11.7 Å². The van der Waals surface area contributed by atoms with Crippen LogP contribution < -0.4 is 5.32 Å². The quantitative estimate of drug-likeness (QED) is 0.247. The molecule has 1 atom stereocenters. The molecular formula is C32H29N5O3S. The molecule has 2 aliphatic rings. The second-order valence-corrected chi connectivity index (χ2v) is 11.1. The molecule has 8 nitrogen and oxygen atoms in total. The van der Waals surface area contributed by atoms with E-state index >= 15 is 0 Å². The molecule has 3 heterocycles. The molecule has 0 bridgehead atoms. The normalized spacial score (nSPS) is 15.3. The first-order chi connectivity index (χ1) is 20.1. The first-order valence-electron chi connectivity index (χ1n) is 13.6. The Hall–Kier alpha value is -4.23. The Labute approximate surface area is 242 Å². The molecule has 0 spiro atoms. The molecular weight excluding hydrogens is 534 g/mol. The fourth-order valence-corrected chi connectivity index (χ4v) is 6.34. The number of fused-ring (bicyclic) bond motifs is 3. The number of rotatable bonds is 8. The maximum absolute atomic E-state index is 13.7. The fraction of sp³-hybridized carbons (Fsp3) is 0.250. The van der Waals surface area contributed by atoms with E-state index in [1.54, 1.807) is 16.4 Å². The van der Waals surface area contributed by atoms with Gasteiger partial charge in [0.25, 0.3) is 0 Å². The third-order valence-corrected chi connectivity index (χ3v) is 8.45. The zero-order valence-electron chi connectivity index (χ0n) is 22.5. The van der Waals surface area contributed by atoms with E-state index in [0.29, 0.717) is 5.75 Å². The molecule has 4 aromatic rings. The van der Waals surface area contributed by atoms with Crippen LogP contribution in [-0.2, 0) is 28.4 Å². The number of benzene rings is 3. The maximum atomic E-state index is 13.7. The number of amides is 1. The Morgan fingerprint density at radius 2 is 1.76 bits per heavy atom.